The van der Waals surface area contributed by atoms with E-state index >= 15 is 52.7 Å². The molecule has 0 fully saturated rings. The molecule has 92 heavy (non-hydrogen) atoms. The van der Waals surface area contributed by atoms with Crippen LogP contribution in [0.15, 0.2) is 36.4 Å². The maximum atomic E-state index is 17.1. The first-order chi connectivity index (χ1) is 44.6. The molecular formula is C73H86F12N4O3. The number of unbranched alkanes of at least 4 members (excludes halogenated alkanes) is 27. The van der Waals surface area contributed by atoms with Crippen LogP contribution in [-0.4, -0.2) is 39.8 Å². The maximum absolute atomic E-state index is 17.1. The van der Waals surface area contributed by atoms with Crippen molar-refractivity contribution in [2.45, 2.75) is 213 Å². The molecule has 0 radical (unpaired) electrons. The van der Waals surface area contributed by atoms with E-state index in [1.54, 1.807) is 0 Å². The Labute approximate surface area is 531 Å². The molecule has 0 atom stereocenters. The molecular weight excluding hydrogens is 1210 g/mol. The lowest BCUT2D eigenvalue weighted by molar-refractivity contribution is 0.264. The number of nitrogens with one attached hydrogen (secondary N) is 3. The summed E-state index contributed by atoms with van der Waals surface area (Å²) in [5.41, 5.74) is -8.36. The molecule has 0 aliphatic carbocycles. The third-order valence-electron chi connectivity index (χ3n) is 17.2. The van der Waals surface area contributed by atoms with Crippen molar-refractivity contribution in [2.75, 3.05) is 19.8 Å². The van der Waals surface area contributed by atoms with Crippen LogP contribution in [0.4, 0.5) is 52.7 Å². The van der Waals surface area contributed by atoms with E-state index in [-0.39, 0.29) is 47.8 Å². The summed E-state index contributed by atoms with van der Waals surface area (Å²) in [6, 6.07) is 6.97. The summed E-state index contributed by atoms with van der Waals surface area (Å²) in [5.74, 6) is -27.0. The van der Waals surface area contributed by atoms with Crippen LogP contribution >= 0.6 is 0 Å². The number of aromatic amines is 3. The normalized spacial score (nSPS) is 11.9. The highest BCUT2D eigenvalue weighted by molar-refractivity contribution is 6.01. The zero-order chi connectivity index (χ0) is 65.7. The number of hydrogen-bond acceptors (Lipinski definition) is 4. The third-order valence-corrected chi connectivity index (χ3v) is 17.2. The Bertz CT molecular complexity index is 3650. The van der Waals surface area contributed by atoms with Crippen molar-refractivity contribution in [3.63, 3.8) is 0 Å². The van der Waals surface area contributed by atoms with Gasteiger partial charge >= 0.3 is 0 Å². The monoisotopic (exact) mass is 1290 g/mol. The number of benzene rings is 3. The standard InChI is InChI=1S/C73H86F12N4O3/c1-4-7-10-13-16-19-22-25-28-31-42-90-71-65(80)59(74)56(60(75)66(71)81)53-47-36-34-45(86-47)46-35-37-48(87-46)54(57-61(76)67(82)72(68(83)62(57)77)91-43-32-29-26-23-20-17-14-11-8-5-2)50-39-41-52(89-50)55(51-40-38-49(53)88-51)58-63(78)69(84)73(70(85)64(58)79)92-44-33-30-27-24-21-18-15-12-9-6-3/h34-41,86,88-89H,4-33,42-44H2,1-3H3. The van der Waals surface area contributed by atoms with Gasteiger partial charge in [0.25, 0.3) is 0 Å². The summed E-state index contributed by atoms with van der Waals surface area (Å²) in [4.78, 5) is 13.0. The molecule has 1 aliphatic rings. The molecule has 0 unspecified atom stereocenters. The topological polar surface area (TPSA) is 87.9 Å². The largest absolute Gasteiger partial charge is 0.487 e. The highest BCUT2D eigenvalue weighted by Gasteiger charge is 2.34. The van der Waals surface area contributed by atoms with E-state index in [0.717, 1.165) is 146 Å². The molecule has 1 aliphatic heterocycles. The van der Waals surface area contributed by atoms with Gasteiger partial charge in [-0.05, 0) is 67.8 Å². The Balaban J connectivity index is 1.23. The van der Waals surface area contributed by atoms with Crippen molar-refractivity contribution in [1.82, 2.24) is 19.9 Å². The predicted octanol–water partition coefficient (Wildman–Crippen LogP) is 24.3. The highest BCUT2D eigenvalue weighted by atomic mass is 19.2. The second kappa shape index (κ2) is 35.3. The van der Waals surface area contributed by atoms with Crippen molar-refractivity contribution >= 4 is 45.3 Å². The van der Waals surface area contributed by atoms with Crippen molar-refractivity contribution in [3.8, 4) is 50.6 Å². The van der Waals surface area contributed by atoms with Gasteiger partial charge in [-0.2, -0.15) is 26.3 Å². The first kappa shape index (κ1) is 70.8. The molecule has 0 amide bonds. The SMILES string of the molecule is CCCCCCCCCCCCOc1c(F)c(F)c(-c2c3nc(c4ccc([nH]4)c(-c4c(F)c(F)c(OCCCCCCCCCCCC)c(F)c4F)c4ccc([nH]4)c(-c4c(F)c(F)c(OCCCCCCCCCCCC)c(F)c4F)c4ccc2[nH]4)C=C3)c(F)c1F. The molecule has 5 heterocycles. The molecule has 7 nitrogen and oxygen atoms in total. The number of H-pyrrole nitrogens is 3. The van der Waals surface area contributed by atoms with Gasteiger partial charge < -0.3 is 29.2 Å². The fraction of sp³-hybridized carbons (Fsp3) is 0.493. The van der Waals surface area contributed by atoms with E-state index < -0.39 is 137 Å². The Morgan fingerprint density at radius 3 is 0.750 bits per heavy atom. The Morgan fingerprint density at radius 2 is 0.467 bits per heavy atom. The highest BCUT2D eigenvalue weighted by Crippen LogP contribution is 2.45. The van der Waals surface area contributed by atoms with Gasteiger partial charge in [0.15, 0.2) is 52.2 Å². The molecule has 3 N–H and O–H groups in total. The van der Waals surface area contributed by atoms with Gasteiger partial charge in [-0.25, -0.2) is 31.3 Å². The van der Waals surface area contributed by atoms with Gasteiger partial charge in [-0.1, -0.05) is 194 Å². The molecule has 7 aromatic rings. The third kappa shape index (κ3) is 17.2. The summed E-state index contributed by atoms with van der Waals surface area (Å²) >= 11 is 0. The van der Waals surface area contributed by atoms with Crippen LogP contribution in [0.3, 0.4) is 0 Å². The summed E-state index contributed by atoms with van der Waals surface area (Å²) in [5, 5.41) is 0. The molecule has 0 saturated heterocycles. The van der Waals surface area contributed by atoms with Crippen molar-refractivity contribution < 1.29 is 66.9 Å². The van der Waals surface area contributed by atoms with Gasteiger partial charge in [0.05, 0.1) is 53.4 Å². The maximum Gasteiger partial charge on any atom is 0.204 e. The minimum Gasteiger partial charge on any atom is -0.487 e. The van der Waals surface area contributed by atoms with Crippen LogP contribution in [0.5, 0.6) is 17.2 Å². The minimum absolute atomic E-state index is 0.0296. The first-order valence-corrected chi connectivity index (χ1v) is 33.5. The molecule has 0 saturated carbocycles. The minimum atomic E-state index is -1.99. The molecule has 4 aromatic heterocycles. The van der Waals surface area contributed by atoms with Gasteiger partial charge in [0.2, 0.25) is 34.9 Å². The molecule has 8 rings (SSSR count). The summed E-state index contributed by atoms with van der Waals surface area (Å²) in [7, 11) is 0. The smallest absolute Gasteiger partial charge is 0.204 e. The Morgan fingerprint density at radius 1 is 0.250 bits per heavy atom. The van der Waals surface area contributed by atoms with Crippen LogP contribution in [-0.2, 0) is 0 Å². The average Bonchev–Trinajstić information content (AvgIpc) is 1.45. The van der Waals surface area contributed by atoms with Crippen molar-refractivity contribution in [3.05, 3.63) is 118 Å². The van der Waals surface area contributed by atoms with Gasteiger partial charge in [-0.15, -0.1) is 0 Å². The zero-order valence-electron chi connectivity index (χ0n) is 53.2. The van der Waals surface area contributed by atoms with Gasteiger partial charge in [0.1, 0.15) is 0 Å². The number of hydrogen-bond donors (Lipinski definition) is 3. The van der Waals surface area contributed by atoms with E-state index in [1.807, 2.05) is 0 Å². The van der Waals surface area contributed by atoms with E-state index in [4.69, 9.17) is 14.2 Å². The van der Waals surface area contributed by atoms with Gasteiger partial charge in [0, 0.05) is 44.3 Å². The number of aromatic nitrogens is 4. The zero-order valence-corrected chi connectivity index (χ0v) is 53.2. The predicted molar refractivity (Wildman–Crippen MR) is 343 cm³/mol. The van der Waals surface area contributed by atoms with Gasteiger partial charge in [-0.3, -0.25) is 0 Å². The fourth-order valence-electron chi connectivity index (χ4n) is 12.1. The lowest BCUT2D eigenvalue weighted by Gasteiger charge is -2.14. The van der Waals surface area contributed by atoms with Crippen molar-refractivity contribution in [1.29, 1.82) is 0 Å². The second-order valence-electron chi connectivity index (χ2n) is 24.2. The average molecular weight is 1300 g/mol. The van der Waals surface area contributed by atoms with Crippen LogP contribution in [0.25, 0.3) is 78.6 Å². The summed E-state index contributed by atoms with van der Waals surface area (Å²) in [6.07, 6.45) is 30.6. The quantitative estimate of drug-likeness (QED) is 0.0204. The van der Waals surface area contributed by atoms with Crippen LogP contribution in [0.1, 0.15) is 225 Å². The van der Waals surface area contributed by atoms with E-state index in [0.29, 0.717) is 38.5 Å². The van der Waals surface area contributed by atoms with E-state index in [9.17, 15) is 0 Å². The molecule has 3 aromatic carbocycles. The van der Waals surface area contributed by atoms with Crippen molar-refractivity contribution in [2.24, 2.45) is 0 Å². The van der Waals surface area contributed by atoms with E-state index in [1.165, 1.54) is 56.4 Å². The number of ether oxygens (including phenoxy) is 3. The second-order valence-corrected chi connectivity index (χ2v) is 24.2. The number of fused-ring (bicyclic) bond motifs is 9. The van der Waals surface area contributed by atoms with Crippen LogP contribution < -0.4 is 14.2 Å². The fourth-order valence-corrected chi connectivity index (χ4v) is 12.1. The summed E-state index contributed by atoms with van der Waals surface area (Å²) < 4.78 is 216. The Kier molecular flexibility index (Phi) is 27.2. The molecule has 8 bridgehead atoms. The Hall–Kier alpha value is -7.05. The molecule has 0 spiro atoms. The van der Waals surface area contributed by atoms with Crippen LogP contribution in [0.2, 0.25) is 0 Å². The molecule has 19 heteroatoms. The summed E-state index contributed by atoms with van der Waals surface area (Å²) in [6.45, 7) is 5.57. The number of halogens is 12. The first-order valence-electron chi connectivity index (χ1n) is 33.5. The van der Waals surface area contributed by atoms with E-state index in [2.05, 4.69) is 40.7 Å². The lowest BCUT2D eigenvalue weighted by Crippen LogP contribution is -2.08. The lowest BCUT2D eigenvalue weighted by atomic mass is 10.0. The molecule has 500 valence electrons. The number of rotatable bonds is 39. The number of nitrogens with zero attached hydrogens (tertiary/aromatic N) is 1. The van der Waals surface area contributed by atoms with Crippen LogP contribution in [0, 0.1) is 69.8 Å².